The van der Waals surface area contributed by atoms with E-state index in [-0.39, 0.29) is 5.91 Å². The molecule has 1 aromatic rings. The van der Waals surface area contributed by atoms with Gasteiger partial charge in [0.2, 0.25) is 0 Å². The Morgan fingerprint density at radius 1 is 0.920 bits per heavy atom. The van der Waals surface area contributed by atoms with Crippen molar-refractivity contribution in [1.82, 2.24) is 19.0 Å². The fourth-order valence-corrected chi connectivity index (χ4v) is 6.53. The first-order valence-electron chi connectivity index (χ1n) is 9.66. The molecule has 0 radical (unpaired) electrons. The minimum Gasteiger partial charge on any atom is -0.347 e. The van der Waals surface area contributed by atoms with Crippen molar-refractivity contribution < 1.29 is 9.36 Å². The average molecular weight is 366 g/mol. The molecule has 1 N–H and O–H groups in total. The maximum atomic E-state index is 14.2. The maximum absolute atomic E-state index is 14.2. The van der Waals surface area contributed by atoms with Gasteiger partial charge in [-0.25, -0.2) is 9.34 Å². The van der Waals surface area contributed by atoms with Gasteiger partial charge >= 0.3 is 7.59 Å². The number of amides is 1. The Bertz CT molecular complexity index is 590. The number of nitrogens with one attached hydrogen (secondary N) is 1. The lowest BCUT2D eigenvalue weighted by Gasteiger charge is -2.38. The summed E-state index contributed by atoms with van der Waals surface area (Å²) in [6.45, 7) is 3.23. The first kappa shape index (κ1) is 18.7. The summed E-state index contributed by atoms with van der Waals surface area (Å²) in [7, 11) is -1.24. The summed E-state index contributed by atoms with van der Waals surface area (Å²) in [5.41, 5.74) is 0.560. The number of carbonyl (C=O) groups is 1. The maximum Gasteiger partial charge on any atom is 0.311 e. The molecule has 25 heavy (non-hydrogen) atoms. The average Bonchev–Trinajstić information content (AvgIpc) is 2.84. The third-order valence-corrected chi connectivity index (χ3v) is 8.18. The summed E-state index contributed by atoms with van der Waals surface area (Å²) in [5, 5.41) is 2.98. The van der Waals surface area contributed by atoms with E-state index in [9.17, 15) is 9.36 Å². The van der Waals surface area contributed by atoms with Gasteiger partial charge in [0.15, 0.2) is 0 Å². The zero-order chi connectivity index (χ0) is 17.7. The molecule has 0 atom stereocenters. The molecule has 0 aliphatic carbocycles. The van der Waals surface area contributed by atoms with E-state index in [1.807, 2.05) is 19.3 Å². The van der Waals surface area contributed by atoms with Gasteiger partial charge in [0, 0.05) is 39.4 Å². The van der Waals surface area contributed by atoms with Crippen LogP contribution in [0.3, 0.4) is 0 Å². The van der Waals surface area contributed by atoms with Crippen molar-refractivity contribution in [2.45, 2.75) is 51.4 Å². The minimum atomic E-state index is -3.09. The molecule has 0 unspecified atom stereocenters. The van der Waals surface area contributed by atoms with Crippen LogP contribution in [0.1, 0.15) is 61.9 Å². The van der Waals surface area contributed by atoms with Gasteiger partial charge in [0.1, 0.15) is 5.69 Å². The van der Waals surface area contributed by atoms with E-state index < -0.39 is 7.59 Å². The van der Waals surface area contributed by atoms with Crippen molar-refractivity contribution in [3.05, 3.63) is 24.0 Å². The van der Waals surface area contributed by atoms with E-state index >= 15 is 0 Å². The molecule has 140 valence electrons. The second-order valence-electron chi connectivity index (χ2n) is 7.23. The lowest BCUT2D eigenvalue weighted by molar-refractivity contribution is 0.0965. The van der Waals surface area contributed by atoms with Crippen molar-refractivity contribution in [3.63, 3.8) is 0 Å². The highest BCUT2D eigenvalue weighted by atomic mass is 31.2. The Morgan fingerprint density at radius 2 is 1.40 bits per heavy atom. The predicted octanol–water partition coefficient (Wildman–Crippen LogP) is 3.62. The number of hydrogen-bond donors (Lipinski definition) is 1. The smallest absolute Gasteiger partial charge is 0.311 e. The van der Waals surface area contributed by atoms with Crippen molar-refractivity contribution in [2.24, 2.45) is 7.05 Å². The highest BCUT2D eigenvalue weighted by Crippen LogP contribution is 2.51. The van der Waals surface area contributed by atoms with Crippen molar-refractivity contribution in [1.29, 1.82) is 0 Å². The molecule has 2 aliphatic heterocycles. The fourth-order valence-electron chi connectivity index (χ4n) is 3.86. The van der Waals surface area contributed by atoms with E-state index in [0.717, 1.165) is 51.9 Å². The third kappa shape index (κ3) is 4.36. The number of nitrogens with zero attached hydrogens (tertiary/aromatic N) is 3. The molecule has 3 heterocycles. The van der Waals surface area contributed by atoms with Crippen LogP contribution in [0.15, 0.2) is 18.3 Å². The van der Waals surface area contributed by atoms with Gasteiger partial charge in [-0.1, -0.05) is 25.7 Å². The molecule has 1 aromatic heterocycles. The lowest BCUT2D eigenvalue weighted by Crippen LogP contribution is -2.42. The molecule has 3 rings (SSSR count). The summed E-state index contributed by atoms with van der Waals surface area (Å²) in [6.07, 6.45) is 10.8. The number of rotatable bonds is 4. The molecule has 2 aliphatic rings. The summed E-state index contributed by atoms with van der Waals surface area (Å²) in [4.78, 5) is 12.8. The van der Waals surface area contributed by atoms with Crippen LogP contribution < -0.4 is 5.09 Å². The Hall–Kier alpha value is -1.10. The molecular weight excluding hydrogens is 335 g/mol. The van der Waals surface area contributed by atoms with E-state index in [1.165, 1.54) is 25.7 Å². The minimum absolute atomic E-state index is 0.232. The number of aromatic nitrogens is 1. The molecule has 0 bridgehead atoms. The van der Waals surface area contributed by atoms with Gasteiger partial charge in [-0.05, 0) is 37.8 Å². The Labute approximate surface area is 151 Å². The number of hydrogen-bond acceptors (Lipinski definition) is 2. The predicted molar refractivity (Wildman–Crippen MR) is 101 cm³/mol. The van der Waals surface area contributed by atoms with Crippen LogP contribution in [0.2, 0.25) is 0 Å². The lowest BCUT2D eigenvalue weighted by atomic mass is 10.2. The molecule has 0 saturated carbocycles. The molecule has 2 saturated heterocycles. The Kier molecular flexibility index (Phi) is 6.37. The van der Waals surface area contributed by atoms with E-state index in [4.69, 9.17) is 0 Å². The zero-order valence-corrected chi connectivity index (χ0v) is 16.2. The molecule has 1 amide bonds. The normalized spacial score (nSPS) is 21.5. The number of carbonyl (C=O) groups excluding carboxylic acids is 1. The zero-order valence-electron chi connectivity index (χ0n) is 15.3. The second kappa shape index (κ2) is 8.52. The van der Waals surface area contributed by atoms with Crippen molar-refractivity contribution in [3.8, 4) is 0 Å². The first-order chi connectivity index (χ1) is 12.1. The summed E-state index contributed by atoms with van der Waals surface area (Å²) < 4.78 is 20.1. The quantitative estimate of drug-likeness (QED) is 0.827. The van der Waals surface area contributed by atoms with Crippen LogP contribution in [0.4, 0.5) is 0 Å². The topological polar surface area (TPSA) is 57.6 Å². The number of aryl methyl sites for hydroxylation is 1. The monoisotopic (exact) mass is 366 g/mol. The molecular formula is C18H31N4O2P. The van der Waals surface area contributed by atoms with Crippen LogP contribution in [-0.4, -0.2) is 46.0 Å². The van der Waals surface area contributed by atoms with Crippen LogP contribution in [-0.2, 0) is 11.6 Å². The fraction of sp³-hybridized carbons (Fsp3) is 0.722. The van der Waals surface area contributed by atoms with Crippen molar-refractivity contribution in [2.75, 3.05) is 26.2 Å². The van der Waals surface area contributed by atoms with Gasteiger partial charge in [-0.15, -0.1) is 0 Å². The molecule has 0 spiro atoms. The van der Waals surface area contributed by atoms with E-state index in [1.54, 1.807) is 10.6 Å². The summed E-state index contributed by atoms with van der Waals surface area (Å²) in [6, 6.07) is 3.63. The van der Waals surface area contributed by atoms with Crippen LogP contribution in [0, 0.1) is 0 Å². The second-order valence-corrected chi connectivity index (χ2v) is 9.67. The molecule has 6 nitrogen and oxygen atoms in total. The van der Waals surface area contributed by atoms with Crippen LogP contribution in [0.5, 0.6) is 0 Å². The van der Waals surface area contributed by atoms with Gasteiger partial charge < -0.3 is 4.57 Å². The molecule has 2 fully saturated rings. The van der Waals surface area contributed by atoms with Gasteiger partial charge in [0.05, 0.1) is 0 Å². The Morgan fingerprint density at radius 3 is 1.80 bits per heavy atom. The van der Waals surface area contributed by atoms with E-state index in [2.05, 4.69) is 14.4 Å². The molecule has 7 heteroatoms. The van der Waals surface area contributed by atoms with Crippen LogP contribution in [0.25, 0.3) is 0 Å². The van der Waals surface area contributed by atoms with Crippen LogP contribution >= 0.6 is 7.59 Å². The standard InChI is InChI=1S/C18H31N4O2P/c1-20-12-10-11-17(20)18(23)19-25(24,21-13-6-2-3-7-14-21)22-15-8-4-5-9-16-22/h10-12H,2-9,13-16H2,1H3,(H,19,23,24). The highest BCUT2D eigenvalue weighted by molar-refractivity contribution is 7.57. The van der Waals surface area contributed by atoms with E-state index in [0.29, 0.717) is 5.69 Å². The van der Waals surface area contributed by atoms with Gasteiger partial charge in [0.25, 0.3) is 5.91 Å². The Balaban J connectivity index is 1.85. The van der Waals surface area contributed by atoms with Gasteiger partial charge in [-0.3, -0.25) is 14.4 Å². The largest absolute Gasteiger partial charge is 0.347 e. The third-order valence-electron chi connectivity index (χ3n) is 5.36. The van der Waals surface area contributed by atoms with Crippen molar-refractivity contribution >= 4 is 13.5 Å². The first-order valence-corrected chi connectivity index (χ1v) is 11.3. The highest BCUT2D eigenvalue weighted by Gasteiger charge is 2.39. The summed E-state index contributed by atoms with van der Waals surface area (Å²) >= 11 is 0. The van der Waals surface area contributed by atoms with Gasteiger partial charge in [-0.2, -0.15) is 0 Å². The SMILES string of the molecule is Cn1cccc1C(=O)NP(=O)(N1CCCCCC1)N1CCCCCC1. The molecule has 0 aromatic carbocycles. The summed E-state index contributed by atoms with van der Waals surface area (Å²) in [5.74, 6) is -0.232.